The first-order chi connectivity index (χ1) is 9.72. The highest BCUT2D eigenvalue weighted by molar-refractivity contribution is 5.86. The van der Waals surface area contributed by atoms with Gasteiger partial charge in [-0.25, -0.2) is 0 Å². The molecule has 2 atom stereocenters. The maximum Gasteiger partial charge on any atom is 0.416 e. The zero-order valence-corrected chi connectivity index (χ0v) is 11.5. The summed E-state index contributed by atoms with van der Waals surface area (Å²) in [6.07, 6.45) is -3.94. The summed E-state index contributed by atoms with van der Waals surface area (Å²) in [6, 6.07) is 4.26. The monoisotopic (exact) mass is 302 g/mol. The topological polar surface area (TPSA) is 64.4 Å². The Hall–Kier alpha value is -1.60. The van der Waals surface area contributed by atoms with Gasteiger partial charge in [0.25, 0.3) is 0 Å². The van der Waals surface area contributed by atoms with E-state index in [4.69, 9.17) is 10.5 Å². The molecule has 3 N–H and O–H groups in total. The van der Waals surface area contributed by atoms with Crippen molar-refractivity contribution >= 4 is 5.91 Å². The molecule has 1 heterocycles. The highest BCUT2D eigenvalue weighted by Crippen LogP contribution is 2.30. The van der Waals surface area contributed by atoms with Crippen LogP contribution in [0, 0.1) is 0 Å². The van der Waals surface area contributed by atoms with E-state index in [1.54, 1.807) is 6.92 Å². The molecular weight excluding hydrogens is 285 g/mol. The third-order valence-electron chi connectivity index (χ3n) is 3.59. The summed E-state index contributed by atoms with van der Waals surface area (Å²) < 4.78 is 42.6. The van der Waals surface area contributed by atoms with Crippen molar-refractivity contribution in [3.8, 4) is 0 Å². The van der Waals surface area contributed by atoms with Crippen LogP contribution in [0.3, 0.4) is 0 Å². The van der Waals surface area contributed by atoms with Gasteiger partial charge in [0.2, 0.25) is 5.91 Å². The lowest BCUT2D eigenvalue weighted by atomic mass is 9.98. The second-order valence-electron chi connectivity index (χ2n) is 5.27. The minimum atomic E-state index is -4.37. The summed E-state index contributed by atoms with van der Waals surface area (Å²) in [7, 11) is 0. The van der Waals surface area contributed by atoms with Crippen LogP contribution in [0.4, 0.5) is 13.2 Å². The first-order valence-corrected chi connectivity index (χ1v) is 6.57. The molecule has 2 unspecified atom stereocenters. The number of hydrogen-bond donors (Lipinski definition) is 2. The van der Waals surface area contributed by atoms with Gasteiger partial charge in [0.15, 0.2) is 0 Å². The fourth-order valence-electron chi connectivity index (χ4n) is 2.14. The van der Waals surface area contributed by atoms with Crippen molar-refractivity contribution in [2.45, 2.75) is 31.1 Å². The van der Waals surface area contributed by atoms with Crippen molar-refractivity contribution in [3.63, 3.8) is 0 Å². The van der Waals surface area contributed by atoms with Crippen LogP contribution in [-0.4, -0.2) is 24.7 Å². The van der Waals surface area contributed by atoms with Gasteiger partial charge in [-0.15, -0.1) is 0 Å². The first kappa shape index (κ1) is 15.8. The zero-order valence-electron chi connectivity index (χ0n) is 11.5. The summed E-state index contributed by atoms with van der Waals surface area (Å²) in [5.41, 5.74) is 4.73. The molecule has 0 spiro atoms. The summed E-state index contributed by atoms with van der Waals surface area (Å²) in [6.45, 7) is 2.27. The first-order valence-electron chi connectivity index (χ1n) is 6.57. The number of amides is 1. The third kappa shape index (κ3) is 3.54. The summed E-state index contributed by atoms with van der Waals surface area (Å²) in [5, 5.41) is 2.71. The number of carbonyl (C=O) groups is 1. The van der Waals surface area contributed by atoms with Gasteiger partial charge >= 0.3 is 6.18 Å². The highest BCUT2D eigenvalue weighted by Gasteiger charge is 2.38. The lowest BCUT2D eigenvalue weighted by Gasteiger charge is -2.24. The molecule has 7 heteroatoms. The molecule has 1 aliphatic heterocycles. The minimum Gasteiger partial charge on any atom is -0.379 e. The Labute approximate surface area is 120 Å². The normalized spacial score (nSPS) is 23.9. The van der Waals surface area contributed by atoms with Gasteiger partial charge in [-0.3, -0.25) is 4.79 Å². The molecular formula is C14H17F3N2O2. The van der Waals surface area contributed by atoms with E-state index in [1.165, 1.54) is 12.1 Å². The lowest BCUT2D eigenvalue weighted by Crippen LogP contribution is -2.54. The van der Waals surface area contributed by atoms with Crippen LogP contribution in [0.1, 0.15) is 30.5 Å². The number of ether oxygens (including phenoxy) is 1. The van der Waals surface area contributed by atoms with Crippen LogP contribution in [-0.2, 0) is 15.7 Å². The van der Waals surface area contributed by atoms with Crippen molar-refractivity contribution in [2.24, 2.45) is 5.73 Å². The number of nitrogens with two attached hydrogens (primary N) is 1. The SMILES string of the molecule is CC(NC(=O)C1(N)CCOC1)c1ccc(C(F)(F)F)cc1. The van der Waals surface area contributed by atoms with E-state index < -0.39 is 23.3 Å². The van der Waals surface area contributed by atoms with Crippen molar-refractivity contribution in [2.75, 3.05) is 13.2 Å². The van der Waals surface area contributed by atoms with Crippen molar-refractivity contribution < 1.29 is 22.7 Å². The Morgan fingerprint density at radius 3 is 2.48 bits per heavy atom. The highest BCUT2D eigenvalue weighted by atomic mass is 19.4. The standard InChI is InChI=1S/C14H17F3N2O2/c1-9(19-12(20)13(18)6-7-21-8-13)10-2-4-11(5-3-10)14(15,16)17/h2-5,9H,6-8,18H2,1H3,(H,19,20). The quantitative estimate of drug-likeness (QED) is 0.897. The van der Waals surface area contributed by atoms with Gasteiger partial charge in [-0.1, -0.05) is 12.1 Å². The molecule has 116 valence electrons. The number of carbonyl (C=O) groups excluding carboxylic acids is 1. The Balaban J connectivity index is 2.03. The van der Waals surface area contributed by atoms with Crippen LogP contribution < -0.4 is 11.1 Å². The van der Waals surface area contributed by atoms with Crippen LogP contribution in [0.15, 0.2) is 24.3 Å². The zero-order chi connectivity index (χ0) is 15.7. The molecule has 0 saturated carbocycles. The van der Waals surface area contributed by atoms with E-state index in [0.717, 1.165) is 12.1 Å². The molecule has 1 aromatic rings. The van der Waals surface area contributed by atoms with Gasteiger partial charge < -0.3 is 15.8 Å². The smallest absolute Gasteiger partial charge is 0.379 e. The largest absolute Gasteiger partial charge is 0.416 e. The summed E-state index contributed by atoms with van der Waals surface area (Å²) in [4.78, 5) is 12.1. The molecule has 1 amide bonds. The van der Waals surface area contributed by atoms with E-state index in [9.17, 15) is 18.0 Å². The number of hydrogen-bond acceptors (Lipinski definition) is 3. The van der Waals surface area contributed by atoms with E-state index in [2.05, 4.69) is 5.32 Å². The average molecular weight is 302 g/mol. The van der Waals surface area contributed by atoms with Crippen molar-refractivity contribution in [3.05, 3.63) is 35.4 Å². The van der Waals surface area contributed by atoms with E-state index in [-0.39, 0.29) is 12.5 Å². The number of rotatable bonds is 3. The molecule has 1 aromatic carbocycles. The van der Waals surface area contributed by atoms with Gasteiger partial charge in [0.05, 0.1) is 18.2 Å². The Bertz CT molecular complexity index is 508. The molecule has 4 nitrogen and oxygen atoms in total. The molecule has 0 aromatic heterocycles. The van der Waals surface area contributed by atoms with Crippen LogP contribution in [0.2, 0.25) is 0 Å². The van der Waals surface area contributed by atoms with Crippen LogP contribution in [0.5, 0.6) is 0 Å². The minimum absolute atomic E-state index is 0.151. The number of alkyl halides is 3. The fourth-order valence-corrected chi connectivity index (χ4v) is 2.14. The lowest BCUT2D eigenvalue weighted by molar-refractivity contribution is -0.137. The van der Waals surface area contributed by atoms with Crippen LogP contribution in [0.25, 0.3) is 0 Å². The van der Waals surface area contributed by atoms with E-state index in [1.807, 2.05) is 0 Å². The van der Waals surface area contributed by atoms with Crippen LogP contribution >= 0.6 is 0 Å². The maximum absolute atomic E-state index is 12.5. The molecule has 0 aliphatic carbocycles. The Morgan fingerprint density at radius 1 is 1.38 bits per heavy atom. The molecule has 2 rings (SSSR count). The van der Waals surface area contributed by atoms with Gasteiger partial charge in [-0.2, -0.15) is 13.2 Å². The van der Waals surface area contributed by atoms with Gasteiger partial charge in [-0.05, 0) is 31.0 Å². The van der Waals surface area contributed by atoms with Gasteiger partial charge in [0.1, 0.15) is 5.54 Å². The molecule has 0 radical (unpaired) electrons. The molecule has 1 aliphatic rings. The third-order valence-corrected chi connectivity index (χ3v) is 3.59. The van der Waals surface area contributed by atoms with Crippen molar-refractivity contribution in [1.29, 1.82) is 0 Å². The molecule has 21 heavy (non-hydrogen) atoms. The van der Waals surface area contributed by atoms with E-state index in [0.29, 0.717) is 18.6 Å². The predicted octanol–water partition coefficient (Wildman–Crippen LogP) is 2.00. The molecule has 0 bridgehead atoms. The maximum atomic E-state index is 12.5. The molecule has 1 fully saturated rings. The Morgan fingerprint density at radius 2 is 2.00 bits per heavy atom. The number of halogens is 3. The predicted molar refractivity (Wildman–Crippen MR) is 70.4 cm³/mol. The summed E-state index contributed by atoms with van der Waals surface area (Å²) >= 11 is 0. The van der Waals surface area contributed by atoms with E-state index >= 15 is 0 Å². The molecule has 1 saturated heterocycles. The average Bonchev–Trinajstić information content (AvgIpc) is 2.86. The Kier molecular flexibility index (Phi) is 4.25. The second kappa shape index (κ2) is 5.65. The van der Waals surface area contributed by atoms with Crippen molar-refractivity contribution in [1.82, 2.24) is 5.32 Å². The summed E-state index contributed by atoms with van der Waals surface area (Å²) in [5.74, 6) is -0.354. The second-order valence-corrected chi connectivity index (χ2v) is 5.27. The fraction of sp³-hybridized carbons (Fsp3) is 0.500. The number of benzene rings is 1. The number of nitrogens with one attached hydrogen (secondary N) is 1. The van der Waals surface area contributed by atoms with Gasteiger partial charge in [0, 0.05) is 6.61 Å².